The Morgan fingerprint density at radius 1 is 1.09 bits per heavy atom. The number of carbonyl (C=O) groups excluding carboxylic acids is 2. The number of para-hydroxylation sites is 2. The third-order valence-electron chi connectivity index (χ3n) is 7.03. The summed E-state index contributed by atoms with van der Waals surface area (Å²) in [7, 11) is 3.47. The van der Waals surface area contributed by atoms with E-state index in [9.17, 15) is 9.59 Å². The van der Waals surface area contributed by atoms with Gasteiger partial charge < -0.3 is 19.9 Å². The predicted octanol–water partition coefficient (Wildman–Crippen LogP) is 4.35. The Morgan fingerprint density at radius 2 is 1.86 bits per heavy atom. The molecule has 180 valence electrons. The highest BCUT2D eigenvalue weighted by Crippen LogP contribution is 2.35. The van der Waals surface area contributed by atoms with Crippen molar-refractivity contribution in [2.75, 3.05) is 14.2 Å². The molecule has 7 nitrogen and oxygen atoms in total. The lowest BCUT2D eigenvalue weighted by molar-refractivity contribution is -0.131. The number of carbonyl (C=O) groups is 2. The maximum Gasteiger partial charge on any atom is 0.222 e. The van der Waals surface area contributed by atoms with Crippen LogP contribution in [-0.4, -0.2) is 46.4 Å². The number of nitrogens with zero attached hydrogens (tertiary/aromatic N) is 2. The number of benzene rings is 3. The van der Waals surface area contributed by atoms with Crippen molar-refractivity contribution in [3.05, 3.63) is 72.1 Å². The molecule has 7 heteroatoms. The van der Waals surface area contributed by atoms with Gasteiger partial charge in [-0.2, -0.15) is 0 Å². The number of H-pyrrole nitrogens is 1. The zero-order valence-electron chi connectivity index (χ0n) is 20.1. The molecule has 2 N–H and O–H groups in total. The van der Waals surface area contributed by atoms with Gasteiger partial charge in [-0.3, -0.25) is 9.59 Å². The van der Waals surface area contributed by atoms with E-state index in [1.807, 2.05) is 48.5 Å². The number of hydrogen-bond acceptors (Lipinski definition) is 4. The molecule has 1 aromatic heterocycles. The monoisotopic (exact) mass is 470 g/mol. The first kappa shape index (κ1) is 22.9. The highest BCUT2D eigenvalue weighted by atomic mass is 16.5. The van der Waals surface area contributed by atoms with E-state index >= 15 is 0 Å². The van der Waals surface area contributed by atoms with Crippen molar-refractivity contribution in [1.29, 1.82) is 0 Å². The standard InChI is InChI=1S/C28H30N4O3/c1-32(18-25-29-22-9-5-6-10-23(22)30-25)27(34)14-16-28(15-13-26(33)31-28)17-19-11-12-24(35-2)21-8-4-3-7-20(19)21/h3-12H,13-18H2,1-2H3,(H,29,30)(H,31,33)/t28-/m1/s1. The molecule has 3 aromatic carbocycles. The lowest BCUT2D eigenvalue weighted by Gasteiger charge is -2.30. The Morgan fingerprint density at radius 3 is 2.60 bits per heavy atom. The first-order valence-electron chi connectivity index (χ1n) is 12.0. The summed E-state index contributed by atoms with van der Waals surface area (Å²) in [6.07, 6.45) is 2.81. The van der Waals surface area contributed by atoms with Crippen LogP contribution >= 0.6 is 0 Å². The van der Waals surface area contributed by atoms with Gasteiger partial charge in [-0.05, 0) is 48.4 Å². The van der Waals surface area contributed by atoms with Gasteiger partial charge in [0, 0.05) is 30.8 Å². The van der Waals surface area contributed by atoms with Gasteiger partial charge in [0.15, 0.2) is 0 Å². The summed E-state index contributed by atoms with van der Waals surface area (Å²) in [5.74, 6) is 1.67. The number of aromatic amines is 1. The first-order chi connectivity index (χ1) is 17.0. The van der Waals surface area contributed by atoms with Crippen LogP contribution in [0.25, 0.3) is 21.8 Å². The molecular formula is C28H30N4O3. The molecule has 35 heavy (non-hydrogen) atoms. The first-order valence-corrected chi connectivity index (χ1v) is 12.0. The van der Waals surface area contributed by atoms with Gasteiger partial charge in [0.05, 0.1) is 24.7 Å². The maximum absolute atomic E-state index is 13.0. The molecule has 0 aliphatic carbocycles. The Hall–Kier alpha value is -3.87. The predicted molar refractivity (Wildman–Crippen MR) is 136 cm³/mol. The normalized spacial score (nSPS) is 17.6. The van der Waals surface area contributed by atoms with Crippen LogP contribution in [0.1, 0.15) is 37.1 Å². The molecule has 0 radical (unpaired) electrons. The van der Waals surface area contributed by atoms with Gasteiger partial charge >= 0.3 is 0 Å². The summed E-state index contributed by atoms with van der Waals surface area (Å²) >= 11 is 0. The molecule has 2 amide bonds. The molecule has 1 fully saturated rings. The summed E-state index contributed by atoms with van der Waals surface area (Å²) in [6.45, 7) is 0.413. The smallest absolute Gasteiger partial charge is 0.222 e. The number of hydrogen-bond donors (Lipinski definition) is 2. The zero-order valence-corrected chi connectivity index (χ0v) is 20.1. The number of imidazole rings is 1. The van der Waals surface area contributed by atoms with Gasteiger partial charge in [-0.1, -0.05) is 42.5 Å². The van der Waals surface area contributed by atoms with Crippen LogP contribution in [-0.2, 0) is 22.6 Å². The molecule has 0 unspecified atom stereocenters. The van der Waals surface area contributed by atoms with Crippen LogP contribution in [0, 0.1) is 0 Å². The fourth-order valence-electron chi connectivity index (χ4n) is 5.14. The number of aromatic nitrogens is 2. The van der Waals surface area contributed by atoms with Crippen LogP contribution in [0.2, 0.25) is 0 Å². The van der Waals surface area contributed by atoms with E-state index in [0.717, 1.165) is 38.9 Å². The average Bonchev–Trinajstić information content (AvgIpc) is 3.45. The van der Waals surface area contributed by atoms with Crippen molar-refractivity contribution in [2.24, 2.45) is 0 Å². The molecule has 2 heterocycles. The van der Waals surface area contributed by atoms with Crippen molar-refractivity contribution >= 4 is 33.6 Å². The van der Waals surface area contributed by atoms with Crippen LogP contribution in [0.15, 0.2) is 60.7 Å². The second-order valence-corrected chi connectivity index (χ2v) is 9.43. The SMILES string of the molecule is COc1ccc(C[C@]2(CCC(=O)N(C)Cc3nc4ccccc4[nH]3)CCC(=O)N2)c2ccccc12. The number of rotatable bonds is 8. The molecule has 1 aliphatic heterocycles. The Balaban J connectivity index is 1.31. The topological polar surface area (TPSA) is 87.3 Å². The molecule has 1 aliphatic rings. The average molecular weight is 471 g/mol. The minimum Gasteiger partial charge on any atom is -0.496 e. The summed E-state index contributed by atoms with van der Waals surface area (Å²) in [6, 6.07) is 20.0. The number of amides is 2. The Kier molecular flexibility index (Phi) is 6.16. The van der Waals surface area contributed by atoms with Crippen LogP contribution in [0.5, 0.6) is 5.75 Å². The Bertz CT molecular complexity index is 1360. The minimum atomic E-state index is -0.440. The van der Waals surface area contributed by atoms with Crippen molar-refractivity contribution in [2.45, 2.75) is 44.2 Å². The summed E-state index contributed by atoms with van der Waals surface area (Å²) < 4.78 is 5.54. The van der Waals surface area contributed by atoms with Gasteiger partial charge in [-0.15, -0.1) is 0 Å². The van der Waals surface area contributed by atoms with Crippen molar-refractivity contribution < 1.29 is 14.3 Å². The van der Waals surface area contributed by atoms with Crippen molar-refractivity contribution in [3.63, 3.8) is 0 Å². The van der Waals surface area contributed by atoms with Crippen LogP contribution in [0.4, 0.5) is 0 Å². The highest BCUT2D eigenvalue weighted by molar-refractivity contribution is 5.91. The summed E-state index contributed by atoms with van der Waals surface area (Å²) in [5.41, 5.74) is 2.56. The lowest BCUT2D eigenvalue weighted by atomic mass is 9.83. The van der Waals surface area contributed by atoms with Crippen LogP contribution < -0.4 is 10.1 Å². The number of ether oxygens (including phenoxy) is 1. The van der Waals surface area contributed by atoms with Gasteiger partial charge in [0.2, 0.25) is 11.8 Å². The van der Waals surface area contributed by atoms with Crippen molar-refractivity contribution in [3.8, 4) is 5.75 Å². The summed E-state index contributed by atoms with van der Waals surface area (Å²) in [5, 5.41) is 5.37. The quantitative estimate of drug-likeness (QED) is 0.401. The summed E-state index contributed by atoms with van der Waals surface area (Å²) in [4.78, 5) is 34.9. The van der Waals surface area contributed by atoms with E-state index < -0.39 is 5.54 Å². The van der Waals surface area contributed by atoms with E-state index in [0.29, 0.717) is 38.6 Å². The van der Waals surface area contributed by atoms with Crippen molar-refractivity contribution in [1.82, 2.24) is 20.2 Å². The van der Waals surface area contributed by atoms with E-state index in [-0.39, 0.29) is 11.8 Å². The fourth-order valence-corrected chi connectivity index (χ4v) is 5.14. The number of fused-ring (bicyclic) bond motifs is 2. The van der Waals surface area contributed by atoms with E-state index in [4.69, 9.17) is 4.74 Å². The molecule has 1 atom stereocenters. The van der Waals surface area contributed by atoms with Gasteiger partial charge in [0.25, 0.3) is 0 Å². The van der Waals surface area contributed by atoms with E-state index in [2.05, 4.69) is 27.4 Å². The Labute approximate surface area is 204 Å². The largest absolute Gasteiger partial charge is 0.496 e. The molecule has 0 spiro atoms. The molecular weight excluding hydrogens is 440 g/mol. The van der Waals surface area contributed by atoms with E-state index in [1.165, 1.54) is 0 Å². The molecule has 0 saturated carbocycles. The van der Waals surface area contributed by atoms with Gasteiger partial charge in [0.1, 0.15) is 11.6 Å². The fraction of sp³-hybridized carbons (Fsp3) is 0.321. The van der Waals surface area contributed by atoms with Gasteiger partial charge in [-0.25, -0.2) is 4.98 Å². The highest BCUT2D eigenvalue weighted by Gasteiger charge is 2.38. The molecule has 4 aromatic rings. The molecule has 0 bridgehead atoms. The minimum absolute atomic E-state index is 0.0329. The van der Waals surface area contributed by atoms with E-state index in [1.54, 1.807) is 19.1 Å². The third kappa shape index (κ3) is 4.71. The lowest BCUT2D eigenvalue weighted by Crippen LogP contribution is -2.44. The molecule has 1 saturated heterocycles. The molecule has 5 rings (SSSR count). The second-order valence-electron chi connectivity index (χ2n) is 9.43. The third-order valence-corrected chi connectivity index (χ3v) is 7.03. The number of methoxy groups -OCH3 is 1. The van der Waals surface area contributed by atoms with Crippen LogP contribution in [0.3, 0.4) is 0 Å². The zero-order chi connectivity index (χ0) is 24.4. The maximum atomic E-state index is 13.0. The second kappa shape index (κ2) is 9.41. The number of nitrogens with one attached hydrogen (secondary N) is 2.